The third-order valence-electron chi connectivity index (χ3n) is 3.84. The van der Waals surface area contributed by atoms with E-state index < -0.39 is 0 Å². The number of nitrogens with zero attached hydrogens (tertiary/aromatic N) is 2. The number of aliphatic imine (C=N–C) groups is 2. The van der Waals surface area contributed by atoms with E-state index in [1.807, 2.05) is 0 Å². The molecular weight excluding hydrogens is 348 g/mol. The minimum atomic E-state index is -0.0170. The van der Waals surface area contributed by atoms with Gasteiger partial charge in [-0.1, -0.05) is 0 Å². The molecule has 0 aliphatic heterocycles. The van der Waals surface area contributed by atoms with Crippen LogP contribution < -0.4 is 9.47 Å². The fourth-order valence-electron chi connectivity index (χ4n) is 2.42. The van der Waals surface area contributed by atoms with Crippen LogP contribution in [0.4, 0.5) is 0 Å². The number of phenols is 2. The number of phenolic OH excluding ortho intramolecular Hbond substituents is 2. The van der Waals surface area contributed by atoms with Gasteiger partial charge in [0, 0.05) is 35.2 Å². The number of ether oxygens (including phenoxy) is 2. The Morgan fingerprint density at radius 1 is 0.926 bits per heavy atom. The second-order valence-corrected chi connectivity index (χ2v) is 5.73. The van der Waals surface area contributed by atoms with E-state index >= 15 is 0 Å². The van der Waals surface area contributed by atoms with E-state index in [0.717, 1.165) is 6.29 Å². The molecule has 0 bridgehead atoms. The van der Waals surface area contributed by atoms with Crippen LogP contribution in [0, 0.1) is 6.92 Å². The highest BCUT2D eigenvalue weighted by molar-refractivity contribution is 5.88. The number of aromatic hydroxyl groups is 2. The van der Waals surface area contributed by atoms with Crippen LogP contribution in [0.5, 0.6) is 23.0 Å². The highest BCUT2D eigenvalue weighted by Crippen LogP contribution is 2.33. The van der Waals surface area contributed by atoms with Crippen molar-refractivity contribution in [2.24, 2.45) is 9.98 Å². The minimum Gasteiger partial charge on any atom is -0.507 e. The number of benzene rings is 2. The van der Waals surface area contributed by atoms with Gasteiger partial charge in [-0.2, -0.15) is 0 Å². The van der Waals surface area contributed by atoms with Gasteiger partial charge in [-0.05, 0) is 30.7 Å². The van der Waals surface area contributed by atoms with E-state index in [9.17, 15) is 15.0 Å². The average Bonchev–Trinajstić information content (AvgIpc) is 2.68. The second-order valence-electron chi connectivity index (χ2n) is 5.73. The maximum absolute atomic E-state index is 10.9. The Balaban J connectivity index is 2.02. The maximum Gasteiger partial charge on any atom is 0.166 e. The summed E-state index contributed by atoms with van der Waals surface area (Å²) in [5, 5.41) is 20.1. The Morgan fingerprint density at radius 2 is 1.56 bits per heavy atom. The molecule has 2 N–H and O–H groups in total. The van der Waals surface area contributed by atoms with Gasteiger partial charge in [-0.15, -0.1) is 0 Å². The van der Waals surface area contributed by atoms with Gasteiger partial charge in [0.2, 0.25) is 0 Å². The van der Waals surface area contributed by atoms with Gasteiger partial charge in [-0.3, -0.25) is 14.8 Å². The molecule has 0 aliphatic carbocycles. The molecule has 7 heteroatoms. The molecule has 7 nitrogen and oxygen atoms in total. The monoisotopic (exact) mass is 370 g/mol. The highest BCUT2D eigenvalue weighted by atomic mass is 16.5. The first-order valence-electron chi connectivity index (χ1n) is 8.23. The van der Waals surface area contributed by atoms with Crippen LogP contribution >= 0.6 is 0 Å². The van der Waals surface area contributed by atoms with Crippen molar-refractivity contribution in [3.8, 4) is 23.0 Å². The molecule has 142 valence electrons. The summed E-state index contributed by atoms with van der Waals surface area (Å²) in [6.45, 7) is 2.48. The average molecular weight is 370 g/mol. The Kier molecular flexibility index (Phi) is 6.93. The van der Waals surface area contributed by atoms with Gasteiger partial charge in [0.1, 0.15) is 17.8 Å². The molecule has 2 rings (SSSR count). The van der Waals surface area contributed by atoms with E-state index in [1.54, 1.807) is 31.2 Å². The van der Waals surface area contributed by atoms with Crippen LogP contribution in [0.25, 0.3) is 0 Å². The first kappa shape index (κ1) is 20.0. The smallest absolute Gasteiger partial charge is 0.166 e. The zero-order valence-electron chi connectivity index (χ0n) is 15.5. The van der Waals surface area contributed by atoms with Gasteiger partial charge in [0.15, 0.2) is 11.5 Å². The van der Waals surface area contributed by atoms with Gasteiger partial charge in [0.05, 0.1) is 27.3 Å². The number of carbonyl (C=O) groups excluding carboxylic acids is 1. The van der Waals surface area contributed by atoms with Crippen molar-refractivity contribution in [2.45, 2.75) is 6.92 Å². The largest absolute Gasteiger partial charge is 0.507 e. The summed E-state index contributed by atoms with van der Waals surface area (Å²) in [6, 6.07) is 6.41. The van der Waals surface area contributed by atoms with Crippen LogP contribution in [0.1, 0.15) is 27.0 Å². The summed E-state index contributed by atoms with van der Waals surface area (Å²) in [7, 11) is 2.99. The number of hydrogen-bond acceptors (Lipinski definition) is 7. The molecule has 0 amide bonds. The third kappa shape index (κ3) is 5.07. The highest BCUT2D eigenvalue weighted by Gasteiger charge is 2.09. The van der Waals surface area contributed by atoms with Crippen LogP contribution in [0.2, 0.25) is 0 Å². The van der Waals surface area contributed by atoms with Crippen molar-refractivity contribution in [1.82, 2.24) is 0 Å². The quantitative estimate of drug-likeness (QED) is 0.423. The number of carbonyl (C=O) groups is 1. The lowest BCUT2D eigenvalue weighted by atomic mass is 10.1. The van der Waals surface area contributed by atoms with E-state index in [2.05, 4.69) is 9.98 Å². The number of rotatable bonds is 8. The minimum absolute atomic E-state index is 0.0170. The van der Waals surface area contributed by atoms with Crippen LogP contribution in [-0.4, -0.2) is 56.2 Å². The third-order valence-corrected chi connectivity index (χ3v) is 3.84. The Hall–Kier alpha value is -3.35. The summed E-state index contributed by atoms with van der Waals surface area (Å²) in [6.07, 6.45) is 3.75. The molecule has 27 heavy (non-hydrogen) atoms. The Labute approximate surface area is 157 Å². The lowest BCUT2D eigenvalue weighted by Crippen LogP contribution is -1.95. The van der Waals surface area contributed by atoms with Crippen molar-refractivity contribution >= 4 is 18.7 Å². The van der Waals surface area contributed by atoms with Crippen LogP contribution in [-0.2, 0) is 0 Å². The predicted octanol–water partition coefficient (Wildman–Crippen LogP) is 2.77. The molecule has 0 spiro atoms. The molecule has 0 heterocycles. The molecule has 0 radical (unpaired) electrons. The maximum atomic E-state index is 10.9. The van der Waals surface area contributed by atoms with E-state index in [-0.39, 0.29) is 11.5 Å². The summed E-state index contributed by atoms with van der Waals surface area (Å²) in [5.74, 6) is 0.928. The van der Waals surface area contributed by atoms with Gasteiger partial charge in [0.25, 0.3) is 0 Å². The number of aldehydes is 1. The molecule has 0 unspecified atom stereocenters. The van der Waals surface area contributed by atoms with Crippen molar-refractivity contribution < 1.29 is 24.5 Å². The van der Waals surface area contributed by atoms with Crippen molar-refractivity contribution in [1.29, 1.82) is 0 Å². The first-order chi connectivity index (χ1) is 13.0. The number of methoxy groups -OCH3 is 2. The standard InChI is InChI=1S/C20H22N2O5/c1-13-6-14(12-23)7-15(19(13)24)10-21-4-5-22-11-16-8-17(26-2)9-18(27-3)20(16)25/h6-12,24-25H,4-5H2,1-3H3. The predicted molar refractivity (Wildman–Crippen MR) is 104 cm³/mol. The summed E-state index contributed by atoms with van der Waals surface area (Å²) in [5.41, 5.74) is 2.05. The zero-order valence-corrected chi connectivity index (χ0v) is 15.5. The summed E-state index contributed by atoms with van der Waals surface area (Å²) >= 11 is 0. The van der Waals surface area contributed by atoms with Gasteiger partial charge < -0.3 is 19.7 Å². The van der Waals surface area contributed by atoms with Crippen LogP contribution in [0.3, 0.4) is 0 Å². The topological polar surface area (TPSA) is 101 Å². The molecule has 0 saturated heterocycles. The molecule has 0 aliphatic rings. The molecule has 0 atom stereocenters. The first-order valence-corrected chi connectivity index (χ1v) is 8.23. The molecule has 0 saturated carbocycles. The SMILES string of the molecule is COc1cc(C=NCCN=Cc2cc(C=O)cc(C)c2O)c(O)c(OC)c1. The fraction of sp³-hybridized carbons (Fsp3) is 0.250. The lowest BCUT2D eigenvalue weighted by Gasteiger charge is -2.08. The normalized spacial score (nSPS) is 11.2. The number of aryl methyl sites for hydroxylation is 1. The summed E-state index contributed by atoms with van der Waals surface area (Å²) < 4.78 is 10.3. The fourth-order valence-corrected chi connectivity index (χ4v) is 2.42. The number of hydrogen-bond donors (Lipinski definition) is 2. The second kappa shape index (κ2) is 9.38. The Morgan fingerprint density at radius 3 is 2.11 bits per heavy atom. The lowest BCUT2D eigenvalue weighted by molar-refractivity contribution is 0.112. The molecule has 0 fully saturated rings. The zero-order chi connectivity index (χ0) is 19.8. The van der Waals surface area contributed by atoms with E-state index in [0.29, 0.717) is 46.8 Å². The van der Waals surface area contributed by atoms with Gasteiger partial charge >= 0.3 is 0 Å². The van der Waals surface area contributed by atoms with E-state index in [4.69, 9.17) is 9.47 Å². The molecule has 2 aromatic rings. The molecule has 2 aromatic carbocycles. The van der Waals surface area contributed by atoms with Crippen molar-refractivity contribution in [3.05, 3.63) is 46.5 Å². The summed E-state index contributed by atoms with van der Waals surface area (Å²) in [4.78, 5) is 19.4. The van der Waals surface area contributed by atoms with Gasteiger partial charge in [-0.25, -0.2) is 0 Å². The molecule has 0 aromatic heterocycles. The van der Waals surface area contributed by atoms with Crippen molar-refractivity contribution in [3.63, 3.8) is 0 Å². The van der Waals surface area contributed by atoms with Crippen molar-refractivity contribution in [2.75, 3.05) is 27.3 Å². The Bertz CT molecular complexity index is 875. The van der Waals surface area contributed by atoms with Crippen LogP contribution in [0.15, 0.2) is 34.3 Å². The molecular formula is C20H22N2O5. The van der Waals surface area contributed by atoms with E-state index in [1.165, 1.54) is 26.6 Å².